The minimum Gasteiger partial charge on any atom is -0.305 e. The number of aromatic nitrogens is 2. The second-order valence-corrected chi connectivity index (χ2v) is 6.59. The lowest BCUT2D eigenvalue weighted by Gasteiger charge is -2.25. The molecule has 0 bridgehead atoms. The van der Waals surface area contributed by atoms with Gasteiger partial charge in [-0.25, -0.2) is 9.97 Å². The Morgan fingerprint density at radius 2 is 2.13 bits per heavy atom. The number of fused-ring (bicyclic) bond motifs is 1. The number of hydrogen-bond acceptors (Lipinski definition) is 5. The fraction of sp³-hybridized carbons (Fsp3) is 0.571. The van der Waals surface area contributed by atoms with E-state index in [1.807, 2.05) is 0 Å². The van der Waals surface area contributed by atoms with Gasteiger partial charge in [0.25, 0.3) is 0 Å². The van der Waals surface area contributed by atoms with E-state index in [1.54, 1.807) is 0 Å². The molecule has 0 spiro atoms. The summed E-state index contributed by atoms with van der Waals surface area (Å²) >= 11 is 1.44. The van der Waals surface area contributed by atoms with Gasteiger partial charge in [0, 0.05) is 22.9 Å². The van der Waals surface area contributed by atoms with Crippen molar-refractivity contribution in [2.45, 2.75) is 32.4 Å². The summed E-state index contributed by atoms with van der Waals surface area (Å²) < 4.78 is 39.6. The van der Waals surface area contributed by atoms with Crippen LogP contribution in [0, 0.1) is 12.8 Å². The molecule has 1 aliphatic carbocycles. The molecule has 0 radical (unpaired) electrons. The van der Waals surface area contributed by atoms with Gasteiger partial charge in [0.1, 0.15) is 5.82 Å². The number of thioether (sulfide) groups is 1. The molecule has 2 aliphatic rings. The molecule has 0 aromatic carbocycles. The van der Waals surface area contributed by atoms with Gasteiger partial charge in [0.2, 0.25) is 5.91 Å². The fourth-order valence-electron chi connectivity index (χ4n) is 2.81. The van der Waals surface area contributed by atoms with Crippen molar-refractivity contribution in [1.29, 1.82) is 0 Å². The van der Waals surface area contributed by atoms with E-state index < -0.39 is 17.8 Å². The molecule has 0 saturated carbocycles. The number of amidine groups is 1. The maximum Gasteiger partial charge on any atom is 0.433 e. The molecule has 2 heterocycles. The molecule has 0 fully saturated rings. The Morgan fingerprint density at radius 1 is 1.35 bits per heavy atom. The van der Waals surface area contributed by atoms with Crippen LogP contribution in [0.15, 0.2) is 4.99 Å². The Morgan fingerprint density at radius 3 is 2.78 bits per heavy atom. The second kappa shape index (κ2) is 6.10. The lowest BCUT2D eigenvalue weighted by molar-refractivity contribution is -0.142. The van der Waals surface area contributed by atoms with Gasteiger partial charge in [0.05, 0.1) is 6.54 Å². The average Bonchev–Trinajstić information content (AvgIpc) is 2.97. The van der Waals surface area contributed by atoms with Crippen molar-refractivity contribution in [3.63, 3.8) is 0 Å². The van der Waals surface area contributed by atoms with Gasteiger partial charge in [-0.3, -0.25) is 9.79 Å². The predicted molar refractivity (Wildman–Crippen MR) is 80.2 cm³/mol. The summed E-state index contributed by atoms with van der Waals surface area (Å²) in [6.07, 6.45) is -3.71. The summed E-state index contributed by atoms with van der Waals surface area (Å²) in [6.45, 7) is 2.10. The summed E-state index contributed by atoms with van der Waals surface area (Å²) in [6, 6.07) is 0. The lowest BCUT2D eigenvalue weighted by Crippen LogP contribution is -2.37. The zero-order valence-corrected chi connectivity index (χ0v) is 13.2. The third-order valence-electron chi connectivity index (χ3n) is 3.84. The summed E-state index contributed by atoms with van der Waals surface area (Å²) in [5.41, 5.74) is -0.456. The molecule has 1 unspecified atom stereocenters. The minimum atomic E-state index is -4.54. The Kier molecular flexibility index (Phi) is 4.31. The molecule has 5 nitrogen and oxygen atoms in total. The van der Waals surface area contributed by atoms with E-state index in [9.17, 15) is 18.0 Å². The van der Waals surface area contributed by atoms with Gasteiger partial charge in [-0.2, -0.15) is 13.2 Å². The molecule has 9 heteroatoms. The molecular formula is C14H15F3N4OS. The van der Waals surface area contributed by atoms with Gasteiger partial charge >= 0.3 is 6.18 Å². The zero-order chi connectivity index (χ0) is 16.6. The SMILES string of the molecule is Cc1nc2c(c(C(F)(F)F)n1)CC(C(=O)NC1=NCCS1)CC2. The Balaban J connectivity index is 1.83. The number of aryl methyl sites for hydroxylation is 2. The number of amides is 1. The zero-order valence-electron chi connectivity index (χ0n) is 12.4. The van der Waals surface area contributed by atoms with Gasteiger partial charge in [0.15, 0.2) is 10.9 Å². The van der Waals surface area contributed by atoms with E-state index in [1.165, 1.54) is 18.7 Å². The number of carbonyl (C=O) groups is 1. The largest absolute Gasteiger partial charge is 0.433 e. The van der Waals surface area contributed by atoms with Crippen LogP contribution in [0.2, 0.25) is 0 Å². The molecule has 23 heavy (non-hydrogen) atoms. The Labute approximate surface area is 135 Å². The molecule has 1 aliphatic heterocycles. The molecule has 3 rings (SSSR count). The first-order valence-electron chi connectivity index (χ1n) is 7.26. The van der Waals surface area contributed by atoms with Crippen molar-refractivity contribution in [1.82, 2.24) is 15.3 Å². The summed E-state index contributed by atoms with van der Waals surface area (Å²) in [5, 5.41) is 3.25. The third-order valence-corrected chi connectivity index (χ3v) is 4.73. The van der Waals surface area contributed by atoms with Crippen molar-refractivity contribution in [3.05, 3.63) is 22.8 Å². The highest BCUT2D eigenvalue weighted by Gasteiger charge is 2.40. The normalized spacial score (nSPS) is 20.9. The van der Waals surface area contributed by atoms with E-state index in [-0.39, 0.29) is 23.7 Å². The molecule has 1 amide bonds. The second-order valence-electron chi connectivity index (χ2n) is 5.51. The van der Waals surface area contributed by atoms with Gasteiger partial charge in [-0.15, -0.1) is 0 Å². The van der Waals surface area contributed by atoms with Crippen LogP contribution in [-0.4, -0.2) is 33.3 Å². The van der Waals surface area contributed by atoms with Crippen LogP contribution < -0.4 is 5.32 Å². The molecular weight excluding hydrogens is 329 g/mol. The fourth-order valence-corrected chi connectivity index (χ4v) is 3.54. The highest BCUT2D eigenvalue weighted by Crippen LogP contribution is 2.36. The molecule has 0 saturated heterocycles. The standard InChI is InChI=1S/C14H15F3N4OS/c1-7-19-10-3-2-8(12(22)21-13-18-4-5-23-13)6-9(10)11(20-7)14(15,16)17/h8H,2-6H2,1H3,(H,18,21,22). The number of rotatable bonds is 1. The van der Waals surface area contributed by atoms with Gasteiger partial charge in [-0.1, -0.05) is 11.8 Å². The molecule has 1 aromatic heterocycles. The number of aliphatic imine (C=N–C) groups is 1. The van der Waals surface area contributed by atoms with Crippen LogP contribution in [0.5, 0.6) is 0 Å². The van der Waals surface area contributed by atoms with E-state index in [4.69, 9.17) is 0 Å². The maximum atomic E-state index is 13.2. The van der Waals surface area contributed by atoms with Crippen LogP contribution in [0.3, 0.4) is 0 Å². The van der Waals surface area contributed by atoms with Crippen molar-refractivity contribution in [2.24, 2.45) is 10.9 Å². The number of halogens is 3. The minimum absolute atomic E-state index is 0.00817. The number of nitrogens with one attached hydrogen (secondary N) is 1. The van der Waals surface area contributed by atoms with Crippen molar-refractivity contribution in [3.8, 4) is 0 Å². The van der Waals surface area contributed by atoms with Crippen molar-refractivity contribution >= 4 is 22.8 Å². The van der Waals surface area contributed by atoms with Crippen LogP contribution in [0.4, 0.5) is 13.2 Å². The number of alkyl halides is 3. The van der Waals surface area contributed by atoms with E-state index in [2.05, 4.69) is 20.3 Å². The monoisotopic (exact) mass is 344 g/mol. The summed E-state index contributed by atoms with van der Waals surface area (Å²) in [5.74, 6) is 0.126. The lowest BCUT2D eigenvalue weighted by atomic mass is 9.85. The van der Waals surface area contributed by atoms with Crippen LogP contribution in [0.1, 0.15) is 29.2 Å². The Bertz CT molecular complexity index is 675. The van der Waals surface area contributed by atoms with Crippen LogP contribution >= 0.6 is 11.8 Å². The molecule has 1 aromatic rings. The average molecular weight is 344 g/mol. The van der Waals surface area contributed by atoms with Crippen LogP contribution in [0.25, 0.3) is 0 Å². The van der Waals surface area contributed by atoms with Crippen molar-refractivity contribution < 1.29 is 18.0 Å². The first-order chi connectivity index (χ1) is 10.8. The van der Waals surface area contributed by atoms with Gasteiger partial charge < -0.3 is 5.32 Å². The van der Waals surface area contributed by atoms with Gasteiger partial charge in [-0.05, 0) is 26.2 Å². The Hall–Kier alpha value is -1.64. The molecule has 1 atom stereocenters. The smallest absolute Gasteiger partial charge is 0.305 e. The molecule has 1 N–H and O–H groups in total. The van der Waals surface area contributed by atoms with E-state index in [0.717, 1.165) is 5.75 Å². The van der Waals surface area contributed by atoms with Crippen LogP contribution in [-0.2, 0) is 23.8 Å². The number of nitrogens with zero attached hydrogens (tertiary/aromatic N) is 3. The quantitative estimate of drug-likeness (QED) is 0.847. The highest BCUT2D eigenvalue weighted by atomic mass is 32.2. The van der Waals surface area contributed by atoms with Crippen molar-refractivity contribution in [2.75, 3.05) is 12.3 Å². The highest BCUT2D eigenvalue weighted by molar-refractivity contribution is 8.14. The summed E-state index contributed by atoms with van der Waals surface area (Å²) in [7, 11) is 0. The number of carbonyl (C=O) groups excluding carboxylic acids is 1. The maximum absolute atomic E-state index is 13.2. The first-order valence-corrected chi connectivity index (χ1v) is 8.25. The molecule has 124 valence electrons. The third kappa shape index (κ3) is 3.49. The van der Waals surface area contributed by atoms with E-state index >= 15 is 0 Å². The topological polar surface area (TPSA) is 67.2 Å². The van der Waals surface area contributed by atoms with E-state index in [0.29, 0.717) is 30.2 Å². The first kappa shape index (κ1) is 16.2. The predicted octanol–water partition coefficient (Wildman–Crippen LogP) is 2.13. The number of hydrogen-bond donors (Lipinski definition) is 1. The summed E-state index contributed by atoms with van der Waals surface area (Å²) in [4.78, 5) is 24.1.